The largest absolute Gasteiger partial charge is 0.460 e. The van der Waals surface area contributed by atoms with E-state index in [1.54, 1.807) is 0 Å². The van der Waals surface area contributed by atoms with Crippen molar-refractivity contribution in [3.8, 4) is 6.01 Å². The molecule has 1 aromatic heterocycles. The van der Waals surface area contributed by atoms with Crippen LogP contribution in [0.5, 0.6) is 6.01 Å². The maximum Gasteiger partial charge on any atom is 0.299 e. The van der Waals surface area contributed by atoms with Gasteiger partial charge >= 0.3 is 0 Å². The SMILES string of the molecule is CN1C(=N)Cc2c(nc(OCc3ccccc3)n2C2OC(O)C(O)C2O)C1=O. The minimum Gasteiger partial charge on any atom is -0.460 e. The molecule has 2 aromatic rings. The van der Waals surface area contributed by atoms with Gasteiger partial charge in [0.1, 0.15) is 24.7 Å². The third kappa shape index (κ3) is 2.96. The number of aliphatic hydroxyl groups excluding tert-OH is 3. The van der Waals surface area contributed by atoms with Gasteiger partial charge in [0.15, 0.2) is 18.2 Å². The smallest absolute Gasteiger partial charge is 0.299 e. The van der Waals surface area contributed by atoms with Gasteiger partial charge in [-0.05, 0) is 5.56 Å². The molecule has 10 heteroatoms. The van der Waals surface area contributed by atoms with E-state index in [4.69, 9.17) is 14.9 Å². The molecule has 2 aliphatic heterocycles. The van der Waals surface area contributed by atoms with Crippen LogP contribution >= 0.6 is 0 Å². The normalized spacial score (nSPS) is 27.2. The molecule has 148 valence electrons. The Morgan fingerprint density at radius 2 is 1.96 bits per heavy atom. The number of rotatable bonds is 4. The Bertz CT molecular complexity index is 914. The molecule has 0 spiro atoms. The second-order valence-electron chi connectivity index (χ2n) is 6.72. The van der Waals surface area contributed by atoms with Gasteiger partial charge in [-0.15, -0.1) is 0 Å². The number of amidine groups is 1. The van der Waals surface area contributed by atoms with Crippen LogP contribution in [0.4, 0.5) is 0 Å². The van der Waals surface area contributed by atoms with Gasteiger partial charge in [-0.1, -0.05) is 30.3 Å². The molecule has 4 N–H and O–H groups in total. The Kier molecular flexibility index (Phi) is 4.63. The Balaban J connectivity index is 1.75. The molecule has 2 aliphatic rings. The van der Waals surface area contributed by atoms with E-state index >= 15 is 0 Å². The predicted octanol–water partition coefficient (Wildman–Crippen LogP) is -0.364. The van der Waals surface area contributed by atoms with Crippen LogP contribution in [0.2, 0.25) is 0 Å². The number of imidazole rings is 1. The lowest BCUT2D eigenvalue weighted by Gasteiger charge is -2.26. The summed E-state index contributed by atoms with van der Waals surface area (Å²) in [6.45, 7) is 0.145. The van der Waals surface area contributed by atoms with Crippen LogP contribution in [0.3, 0.4) is 0 Å². The number of nitrogens with one attached hydrogen (secondary N) is 1. The molecule has 1 fully saturated rings. The summed E-state index contributed by atoms with van der Waals surface area (Å²) in [7, 11) is 1.48. The first-order valence-electron chi connectivity index (χ1n) is 8.71. The number of benzene rings is 1. The number of fused-ring (bicyclic) bond motifs is 1. The van der Waals surface area contributed by atoms with Crippen molar-refractivity contribution in [3.05, 3.63) is 47.3 Å². The number of hydrogen-bond donors (Lipinski definition) is 4. The average molecular weight is 388 g/mol. The highest BCUT2D eigenvalue weighted by Gasteiger charge is 2.46. The molecule has 1 aromatic carbocycles. The fourth-order valence-corrected chi connectivity index (χ4v) is 3.28. The highest BCUT2D eigenvalue weighted by atomic mass is 16.7. The lowest BCUT2D eigenvalue weighted by atomic mass is 10.1. The Labute approximate surface area is 160 Å². The zero-order valence-electron chi connectivity index (χ0n) is 15.0. The summed E-state index contributed by atoms with van der Waals surface area (Å²) < 4.78 is 12.4. The van der Waals surface area contributed by atoms with Gasteiger partial charge in [-0.25, -0.2) is 0 Å². The van der Waals surface area contributed by atoms with Gasteiger partial charge in [0, 0.05) is 13.5 Å². The zero-order valence-corrected chi connectivity index (χ0v) is 15.0. The maximum atomic E-state index is 12.5. The second kappa shape index (κ2) is 6.99. The topological polar surface area (TPSA) is 141 Å². The fourth-order valence-electron chi connectivity index (χ4n) is 3.28. The standard InChI is InChI=1S/C18H20N4O6/c1-21-11(19)7-10-12(15(21)25)20-18(27-8-9-5-3-2-4-6-9)22(10)16-13(23)14(24)17(26)28-16/h2-6,13-14,16-17,19,23-24,26H,7-8H2,1H3. The third-order valence-corrected chi connectivity index (χ3v) is 4.90. The average Bonchev–Trinajstić information content (AvgIpc) is 3.17. The molecule has 0 radical (unpaired) electrons. The summed E-state index contributed by atoms with van der Waals surface area (Å²) in [4.78, 5) is 18.0. The molecule has 1 saturated heterocycles. The number of aliphatic hydroxyl groups is 3. The maximum absolute atomic E-state index is 12.5. The fraction of sp³-hybridized carbons (Fsp3) is 0.389. The number of aromatic nitrogens is 2. The summed E-state index contributed by atoms with van der Waals surface area (Å²) in [6.07, 6.45) is -5.74. The monoisotopic (exact) mass is 388 g/mol. The molecular formula is C18H20N4O6. The van der Waals surface area contributed by atoms with Crippen molar-refractivity contribution in [1.29, 1.82) is 5.41 Å². The van der Waals surface area contributed by atoms with E-state index in [0.29, 0.717) is 5.69 Å². The Hall–Kier alpha value is -2.79. The molecule has 0 bridgehead atoms. The van der Waals surface area contributed by atoms with Crippen LogP contribution in [0, 0.1) is 5.41 Å². The van der Waals surface area contributed by atoms with Gasteiger partial charge in [0.25, 0.3) is 11.9 Å². The molecule has 4 rings (SSSR count). The van der Waals surface area contributed by atoms with Crippen molar-refractivity contribution in [2.24, 2.45) is 0 Å². The molecule has 10 nitrogen and oxygen atoms in total. The lowest BCUT2D eigenvalue weighted by Crippen LogP contribution is -2.40. The van der Waals surface area contributed by atoms with Crippen LogP contribution in [-0.4, -0.2) is 67.1 Å². The van der Waals surface area contributed by atoms with Gasteiger partial charge in [-0.2, -0.15) is 4.98 Å². The van der Waals surface area contributed by atoms with Crippen molar-refractivity contribution in [2.45, 2.75) is 37.8 Å². The molecule has 4 unspecified atom stereocenters. The molecule has 3 heterocycles. The summed E-state index contributed by atoms with van der Waals surface area (Å²) in [5.74, 6) is -0.440. The van der Waals surface area contributed by atoms with Crippen molar-refractivity contribution in [2.75, 3.05) is 7.05 Å². The molecule has 1 amide bonds. The van der Waals surface area contributed by atoms with E-state index in [1.165, 1.54) is 16.5 Å². The highest BCUT2D eigenvalue weighted by molar-refractivity contribution is 6.09. The predicted molar refractivity (Wildman–Crippen MR) is 94.7 cm³/mol. The molecule has 4 atom stereocenters. The van der Waals surface area contributed by atoms with Crippen molar-refractivity contribution >= 4 is 11.7 Å². The minimum atomic E-state index is -1.60. The van der Waals surface area contributed by atoms with Crippen LogP contribution in [-0.2, 0) is 17.8 Å². The Morgan fingerprint density at radius 1 is 1.25 bits per heavy atom. The molecular weight excluding hydrogens is 368 g/mol. The quantitative estimate of drug-likeness (QED) is 0.560. The minimum absolute atomic E-state index is 0.00402. The number of carbonyl (C=O) groups excluding carboxylic acids is 1. The highest BCUT2D eigenvalue weighted by Crippen LogP contribution is 2.36. The summed E-state index contributed by atoms with van der Waals surface area (Å²) in [5.41, 5.74) is 1.26. The van der Waals surface area contributed by atoms with Crippen molar-refractivity contribution in [3.63, 3.8) is 0 Å². The number of amides is 1. The summed E-state index contributed by atoms with van der Waals surface area (Å²) in [5, 5.41) is 38.0. The van der Waals surface area contributed by atoms with E-state index < -0.39 is 30.6 Å². The molecule has 0 aliphatic carbocycles. The first-order chi connectivity index (χ1) is 13.4. The van der Waals surface area contributed by atoms with E-state index in [9.17, 15) is 20.1 Å². The molecule has 0 saturated carbocycles. The Morgan fingerprint density at radius 3 is 2.61 bits per heavy atom. The zero-order chi connectivity index (χ0) is 20.0. The van der Waals surface area contributed by atoms with E-state index in [-0.39, 0.29) is 30.6 Å². The van der Waals surface area contributed by atoms with Gasteiger partial charge in [0.2, 0.25) is 0 Å². The second-order valence-corrected chi connectivity index (χ2v) is 6.72. The number of carbonyl (C=O) groups is 1. The van der Waals surface area contributed by atoms with Gasteiger partial charge in [0.05, 0.1) is 5.69 Å². The number of hydrogen-bond acceptors (Lipinski definition) is 8. The van der Waals surface area contributed by atoms with Gasteiger partial charge < -0.3 is 24.8 Å². The van der Waals surface area contributed by atoms with Crippen LogP contribution in [0.15, 0.2) is 30.3 Å². The third-order valence-electron chi connectivity index (χ3n) is 4.90. The van der Waals surface area contributed by atoms with E-state index in [1.807, 2.05) is 30.3 Å². The van der Waals surface area contributed by atoms with Crippen LogP contribution < -0.4 is 4.74 Å². The van der Waals surface area contributed by atoms with Crippen molar-refractivity contribution < 1.29 is 29.6 Å². The van der Waals surface area contributed by atoms with Crippen molar-refractivity contribution in [1.82, 2.24) is 14.5 Å². The number of ether oxygens (including phenoxy) is 2. The van der Waals surface area contributed by atoms with Crippen LogP contribution in [0.25, 0.3) is 0 Å². The first kappa shape index (κ1) is 18.6. The van der Waals surface area contributed by atoms with Crippen LogP contribution in [0.1, 0.15) is 28.0 Å². The summed E-state index contributed by atoms with van der Waals surface area (Å²) >= 11 is 0. The lowest BCUT2D eigenvalue weighted by molar-refractivity contribution is -0.143. The van der Waals surface area contributed by atoms with Gasteiger partial charge in [-0.3, -0.25) is 19.7 Å². The number of likely N-dealkylation sites (N-methyl/N-ethyl adjacent to an activating group) is 1. The van der Waals surface area contributed by atoms with E-state index in [0.717, 1.165) is 5.56 Å². The molecule has 28 heavy (non-hydrogen) atoms. The number of nitrogens with zero attached hydrogens (tertiary/aromatic N) is 3. The summed E-state index contributed by atoms with van der Waals surface area (Å²) in [6, 6.07) is 9.29. The first-order valence-corrected chi connectivity index (χ1v) is 8.71. The van der Waals surface area contributed by atoms with E-state index in [2.05, 4.69) is 4.98 Å².